The average Bonchev–Trinajstić information content (AvgIpc) is 3.40. The number of likely N-dealkylation sites (N-methyl/N-ethyl adjacent to an activating group) is 1. The summed E-state index contributed by atoms with van der Waals surface area (Å²) in [5.74, 6) is -0.896. The first-order chi connectivity index (χ1) is 18.0. The number of thioether (sulfide) groups is 1. The van der Waals surface area contributed by atoms with Crippen LogP contribution in [-0.2, 0) is 23.5 Å². The number of ether oxygens (including phenoxy) is 2. The number of fused-ring (bicyclic) bond motifs is 1. The molecule has 0 unspecified atom stereocenters. The lowest BCUT2D eigenvalue weighted by atomic mass is 9.79. The van der Waals surface area contributed by atoms with E-state index in [0.29, 0.717) is 18.3 Å². The largest absolute Gasteiger partial charge is 0.457 e. The van der Waals surface area contributed by atoms with E-state index in [1.807, 2.05) is 6.92 Å². The Hall–Kier alpha value is -1.76. The van der Waals surface area contributed by atoms with E-state index < -0.39 is 14.3 Å². The van der Waals surface area contributed by atoms with Crippen LogP contribution in [0.2, 0.25) is 19.6 Å². The lowest BCUT2D eigenvalue weighted by Crippen LogP contribution is -2.64. The van der Waals surface area contributed by atoms with E-state index in [0.717, 1.165) is 27.9 Å². The van der Waals surface area contributed by atoms with Crippen LogP contribution in [-0.4, -0.2) is 87.1 Å². The Morgan fingerprint density at radius 3 is 2.79 bits per heavy atom. The van der Waals surface area contributed by atoms with Gasteiger partial charge in [-0.05, 0) is 45.6 Å². The SMILES string of the molecule is C=CCOC(=O)C1=C(Sc2nc(C3=CCN(C)[C@H](COC)C3)cs2)[C@H](C)[C@@H]2[C@@H]([C@@H](C)O[Si](C)(C)C)C(=O)N12. The Morgan fingerprint density at radius 2 is 2.13 bits per heavy atom. The molecule has 1 aromatic rings. The van der Waals surface area contributed by atoms with Crippen LogP contribution in [0.15, 0.2) is 39.1 Å². The monoisotopic (exact) mass is 577 g/mol. The van der Waals surface area contributed by atoms with Gasteiger partial charge in [-0.3, -0.25) is 9.69 Å². The highest BCUT2D eigenvalue weighted by molar-refractivity contribution is 8.04. The predicted octanol–water partition coefficient (Wildman–Crippen LogP) is 4.63. The van der Waals surface area contributed by atoms with Crippen molar-refractivity contribution in [1.29, 1.82) is 0 Å². The van der Waals surface area contributed by atoms with E-state index in [1.54, 1.807) is 23.3 Å². The second-order valence-electron chi connectivity index (χ2n) is 11.1. The molecule has 0 aromatic carbocycles. The minimum atomic E-state index is -1.84. The summed E-state index contributed by atoms with van der Waals surface area (Å²) in [7, 11) is 1.99. The van der Waals surface area contributed by atoms with Gasteiger partial charge < -0.3 is 18.8 Å². The number of nitrogens with zero attached hydrogens (tertiary/aromatic N) is 3. The molecular formula is C27H39N3O5S2Si. The maximum absolute atomic E-state index is 13.4. The zero-order valence-electron chi connectivity index (χ0n) is 23.4. The molecule has 208 valence electrons. The molecule has 0 N–H and O–H groups in total. The van der Waals surface area contributed by atoms with Crippen LogP contribution in [0.1, 0.15) is 26.0 Å². The maximum Gasteiger partial charge on any atom is 0.356 e. The smallest absolute Gasteiger partial charge is 0.356 e. The van der Waals surface area contributed by atoms with Crippen LogP contribution in [0.25, 0.3) is 5.57 Å². The van der Waals surface area contributed by atoms with Crippen molar-refractivity contribution in [1.82, 2.24) is 14.8 Å². The van der Waals surface area contributed by atoms with Crippen molar-refractivity contribution < 1.29 is 23.5 Å². The molecule has 38 heavy (non-hydrogen) atoms. The summed E-state index contributed by atoms with van der Waals surface area (Å²) in [6, 6.07) is 0.182. The van der Waals surface area contributed by atoms with Crippen molar-refractivity contribution in [2.75, 3.05) is 33.9 Å². The first kappa shape index (κ1) is 29.2. The van der Waals surface area contributed by atoms with Crippen molar-refractivity contribution in [3.05, 3.63) is 40.4 Å². The van der Waals surface area contributed by atoms with Gasteiger partial charge in [-0.1, -0.05) is 37.4 Å². The van der Waals surface area contributed by atoms with E-state index in [2.05, 4.69) is 56.5 Å². The summed E-state index contributed by atoms with van der Waals surface area (Å²) >= 11 is 3.03. The van der Waals surface area contributed by atoms with Crippen LogP contribution in [0.3, 0.4) is 0 Å². The van der Waals surface area contributed by atoms with Gasteiger partial charge in [0.15, 0.2) is 12.7 Å². The second kappa shape index (κ2) is 11.8. The molecule has 5 atom stereocenters. The number of amides is 1. The summed E-state index contributed by atoms with van der Waals surface area (Å²) < 4.78 is 18.0. The van der Waals surface area contributed by atoms with Gasteiger partial charge in [0, 0.05) is 35.9 Å². The van der Waals surface area contributed by atoms with E-state index in [-0.39, 0.29) is 36.5 Å². The first-order valence-electron chi connectivity index (χ1n) is 13.0. The molecule has 1 fully saturated rings. The molecule has 1 saturated heterocycles. The molecule has 0 spiro atoms. The molecule has 1 aromatic heterocycles. The zero-order chi connectivity index (χ0) is 27.8. The van der Waals surface area contributed by atoms with E-state index in [4.69, 9.17) is 18.9 Å². The molecule has 8 nitrogen and oxygen atoms in total. The molecule has 1 amide bonds. The van der Waals surface area contributed by atoms with Gasteiger partial charge in [-0.15, -0.1) is 11.3 Å². The van der Waals surface area contributed by atoms with E-state index in [1.165, 1.54) is 23.4 Å². The number of carbonyl (C=O) groups is 2. The minimum Gasteiger partial charge on any atom is -0.457 e. The summed E-state index contributed by atoms with van der Waals surface area (Å²) in [6.07, 6.45) is 4.42. The summed E-state index contributed by atoms with van der Waals surface area (Å²) in [5, 5.41) is 2.08. The van der Waals surface area contributed by atoms with Crippen molar-refractivity contribution in [2.45, 2.75) is 62.4 Å². The summed E-state index contributed by atoms with van der Waals surface area (Å²) in [6.45, 7) is 15.7. The highest BCUT2D eigenvalue weighted by Crippen LogP contribution is 2.53. The molecule has 0 bridgehead atoms. The highest BCUT2D eigenvalue weighted by Gasteiger charge is 2.61. The third-order valence-electron chi connectivity index (χ3n) is 7.23. The highest BCUT2D eigenvalue weighted by atomic mass is 32.2. The topological polar surface area (TPSA) is 81.2 Å². The Balaban J connectivity index is 1.58. The molecule has 4 heterocycles. The quantitative estimate of drug-likeness (QED) is 0.163. The number of hydrogen-bond donors (Lipinski definition) is 0. The minimum absolute atomic E-state index is 0.0392. The first-order valence-corrected chi connectivity index (χ1v) is 18.1. The number of aromatic nitrogens is 1. The predicted molar refractivity (Wildman–Crippen MR) is 154 cm³/mol. The van der Waals surface area contributed by atoms with Crippen molar-refractivity contribution in [2.24, 2.45) is 11.8 Å². The summed E-state index contributed by atoms with van der Waals surface area (Å²) in [5.41, 5.74) is 2.51. The maximum atomic E-state index is 13.4. The third-order valence-corrected chi connectivity index (χ3v) is 10.5. The van der Waals surface area contributed by atoms with Gasteiger partial charge in [0.1, 0.15) is 12.3 Å². The zero-order valence-corrected chi connectivity index (χ0v) is 26.0. The fourth-order valence-corrected chi connectivity index (χ4v) is 8.87. The summed E-state index contributed by atoms with van der Waals surface area (Å²) in [4.78, 5) is 36.2. The third kappa shape index (κ3) is 5.87. The van der Waals surface area contributed by atoms with Crippen LogP contribution in [0.5, 0.6) is 0 Å². The van der Waals surface area contributed by atoms with Gasteiger partial charge in [-0.2, -0.15) is 0 Å². The fraction of sp³-hybridized carbons (Fsp3) is 0.593. The molecule has 3 aliphatic heterocycles. The lowest BCUT2D eigenvalue weighted by molar-refractivity contribution is -0.163. The number of carbonyl (C=O) groups excluding carboxylic acids is 2. The van der Waals surface area contributed by atoms with Gasteiger partial charge in [0.25, 0.3) is 0 Å². The Labute approximate surface area is 235 Å². The Kier molecular flexibility index (Phi) is 9.05. The molecule has 0 saturated carbocycles. The van der Waals surface area contributed by atoms with Crippen LogP contribution in [0, 0.1) is 11.8 Å². The normalized spacial score (nSPS) is 26.7. The van der Waals surface area contributed by atoms with Gasteiger partial charge in [-0.25, -0.2) is 9.78 Å². The van der Waals surface area contributed by atoms with Gasteiger partial charge >= 0.3 is 5.97 Å². The van der Waals surface area contributed by atoms with Crippen molar-refractivity contribution in [3.8, 4) is 0 Å². The molecule has 0 radical (unpaired) electrons. The van der Waals surface area contributed by atoms with Crippen LogP contribution in [0.4, 0.5) is 0 Å². The van der Waals surface area contributed by atoms with Gasteiger partial charge in [0.2, 0.25) is 5.91 Å². The fourth-order valence-electron chi connectivity index (χ4n) is 5.50. The van der Waals surface area contributed by atoms with E-state index in [9.17, 15) is 9.59 Å². The number of hydrogen-bond acceptors (Lipinski definition) is 9. The van der Waals surface area contributed by atoms with E-state index >= 15 is 0 Å². The number of β-lactam (4-membered cyclic amide) rings is 1. The molecule has 4 rings (SSSR count). The number of methoxy groups -OCH3 is 1. The van der Waals surface area contributed by atoms with Crippen molar-refractivity contribution >= 4 is 48.9 Å². The van der Waals surface area contributed by atoms with Crippen LogP contribution >= 0.6 is 23.1 Å². The Bertz CT molecular complexity index is 1140. The van der Waals surface area contributed by atoms with Crippen molar-refractivity contribution in [3.63, 3.8) is 0 Å². The Morgan fingerprint density at radius 1 is 1.39 bits per heavy atom. The molecular weight excluding hydrogens is 539 g/mol. The number of thiazole rings is 1. The van der Waals surface area contributed by atoms with Crippen LogP contribution < -0.4 is 0 Å². The molecule has 11 heteroatoms. The second-order valence-corrected chi connectivity index (χ2v) is 17.7. The average molecular weight is 578 g/mol. The van der Waals surface area contributed by atoms with Gasteiger partial charge in [0.05, 0.1) is 30.4 Å². The lowest BCUT2D eigenvalue weighted by Gasteiger charge is -2.48. The number of rotatable bonds is 11. The molecule has 0 aliphatic carbocycles. The standard InChI is InChI=1S/C27H39N3O5S2Si/c1-9-12-34-26(32)23-24(16(2)22-21(25(31)30(22)23)17(3)35-38(6,7)8)37-27-28-20(15-36-27)18-10-11-29(4)19(13-18)14-33-5/h9-10,15-17,19,21-22H,1,11-14H2,2-8H3/t16-,17-,19+,21-,22-/m1/s1. The molecule has 3 aliphatic rings. The number of esters is 1.